The molecule has 1 aliphatic carbocycles. The number of hydrogen-bond acceptors (Lipinski definition) is 3. The van der Waals surface area contributed by atoms with Crippen molar-refractivity contribution in [1.29, 1.82) is 0 Å². The summed E-state index contributed by atoms with van der Waals surface area (Å²) < 4.78 is 5.58. The number of rotatable bonds is 7. The van der Waals surface area contributed by atoms with E-state index in [-0.39, 0.29) is 18.6 Å². The molecular formula is C17H26N2O2. The van der Waals surface area contributed by atoms with Gasteiger partial charge in [-0.3, -0.25) is 4.79 Å². The van der Waals surface area contributed by atoms with Crippen LogP contribution in [0.4, 0.5) is 0 Å². The van der Waals surface area contributed by atoms with Gasteiger partial charge in [0.05, 0.1) is 0 Å². The van der Waals surface area contributed by atoms with Crippen molar-refractivity contribution >= 4 is 5.91 Å². The molecule has 0 radical (unpaired) electrons. The van der Waals surface area contributed by atoms with Crippen LogP contribution in [-0.2, 0) is 11.2 Å². The van der Waals surface area contributed by atoms with Crippen molar-refractivity contribution in [3.63, 3.8) is 0 Å². The van der Waals surface area contributed by atoms with Gasteiger partial charge in [0.1, 0.15) is 5.75 Å². The lowest BCUT2D eigenvalue weighted by atomic mass is 10.1. The quantitative estimate of drug-likeness (QED) is 0.811. The molecule has 0 aromatic heterocycles. The predicted molar refractivity (Wildman–Crippen MR) is 84.6 cm³/mol. The Balaban J connectivity index is 1.91. The highest BCUT2D eigenvalue weighted by atomic mass is 16.5. The maximum Gasteiger partial charge on any atom is 0.258 e. The Labute approximate surface area is 127 Å². The zero-order valence-electron chi connectivity index (χ0n) is 13.2. The Hall–Kier alpha value is -1.55. The molecule has 0 heterocycles. The van der Waals surface area contributed by atoms with E-state index in [4.69, 9.17) is 4.74 Å². The summed E-state index contributed by atoms with van der Waals surface area (Å²) in [5.74, 6) is 0.705. The van der Waals surface area contributed by atoms with Crippen LogP contribution < -0.4 is 15.4 Å². The largest absolute Gasteiger partial charge is 0.484 e. The summed E-state index contributed by atoms with van der Waals surface area (Å²) in [6.45, 7) is 7.20. The second-order valence-corrected chi connectivity index (χ2v) is 5.92. The molecule has 0 bridgehead atoms. The SMILES string of the molecule is CCCNC1CCc2cc(OCC(=O)NC(C)C)ccc21. The highest BCUT2D eigenvalue weighted by Crippen LogP contribution is 2.33. The molecule has 2 N–H and O–H groups in total. The first kappa shape index (κ1) is 15.8. The topological polar surface area (TPSA) is 50.4 Å². The van der Waals surface area contributed by atoms with Crippen LogP contribution in [0.2, 0.25) is 0 Å². The van der Waals surface area contributed by atoms with Crippen molar-refractivity contribution in [1.82, 2.24) is 10.6 Å². The van der Waals surface area contributed by atoms with Gasteiger partial charge < -0.3 is 15.4 Å². The van der Waals surface area contributed by atoms with E-state index in [0.717, 1.165) is 31.6 Å². The van der Waals surface area contributed by atoms with E-state index in [2.05, 4.69) is 29.7 Å². The summed E-state index contributed by atoms with van der Waals surface area (Å²) in [5.41, 5.74) is 2.72. The summed E-state index contributed by atoms with van der Waals surface area (Å²) >= 11 is 0. The van der Waals surface area contributed by atoms with E-state index in [0.29, 0.717) is 6.04 Å². The van der Waals surface area contributed by atoms with E-state index >= 15 is 0 Å². The second kappa shape index (κ2) is 7.46. The minimum atomic E-state index is -0.0759. The van der Waals surface area contributed by atoms with E-state index in [1.165, 1.54) is 11.1 Å². The average molecular weight is 290 g/mol. The molecule has 0 aliphatic heterocycles. The molecule has 0 spiro atoms. The molecule has 1 amide bonds. The smallest absolute Gasteiger partial charge is 0.258 e. The summed E-state index contributed by atoms with van der Waals surface area (Å²) in [5, 5.41) is 6.40. The summed E-state index contributed by atoms with van der Waals surface area (Å²) in [4.78, 5) is 11.6. The number of aryl methyl sites for hydroxylation is 1. The zero-order chi connectivity index (χ0) is 15.2. The van der Waals surface area contributed by atoms with Crippen LogP contribution in [0.15, 0.2) is 18.2 Å². The highest BCUT2D eigenvalue weighted by molar-refractivity contribution is 5.77. The number of nitrogens with one attached hydrogen (secondary N) is 2. The Kier molecular flexibility index (Phi) is 5.62. The van der Waals surface area contributed by atoms with Crippen LogP contribution in [0.1, 0.15) is 50.8 Å². The van der Waals surface area contributed by atoms with Gasteiger partial charge in [0.25, 0.3) is 5.91 Å². The number of carbonyl (C=O) groups excluding carboxylic acids is 1. The van der Waals surface area contributed by atoms with Crippen molar-refractivity contribution in [2.45, 2.75) is 52.1 Å². The Morgan fingerprint density at radius 2 is 2.24 bits per heavy atom. The van der Waals surface area contributed by atoms with E-state index in [1.54, 1.807) is 0 Å². The van der Waals surface area contributed by atoms with Crippen LogP contribution in [0.3, 0.4) is 0 Å². The molecule has 0 saturated carbocycles. The fourth-order valence-electron chi connectivity index (χ4n) is 2.73. The molecule has 0 saturated heterocycles. The first-order chi connectivity index (χ1) is 10.1. The molecule has 21 heavy (non-hydrogen) atoms. The standard InChI is InChI=1S/C17H26N2O2/c1-4-9-18-16-8-5-13-10-14(6-7-15(13)16)21-11-17(20)19-12(2)3/h6-7,10,12,16,18H,4-5,8-9,11H2,1-3H3,(H,19,20). The van der Waals surface area contributed by atoms with Crippen molar-refractivity contribution < 1.29 is 9.53 Å². The lowest BCUT2D eigenvalue weighted by molar-refractivity contribution is -0.123. The molecule has 4 nitrogen and oxygen atoms in total. The van der Waals surface area contributed by atoms with Crippen molar-refractivity contribution in [3.05, 3.63) is 29.3 Å². The third kappa shape index (κ3) is 4.46. The first-order valence-electron chi connectivity index (χ1n) is 7.88. The van der Waals surface area contributed by atoms with Crippen LogP contribution in [0.5, 0.6) is 5.75 Å². The molecule has 116 valence electrons. The Morgan fingerprint density at radius 3 is 2.95 bits per heavy atom. The van der Waals surface area contributed by atoms with Gasteiger partial charge in [0.2, 0.25) is 0 Å². The van der Waals surface area contributed by atoms with Crippen LogP contribution >= 0.6 is 0 Å². The monoisotopic (exact) mass is 290 g/mol. The number of ether oxygens (including phenoxy) is 1. The molecule has 4 heteroatoms. The molecule has 1 atom stereocenters. The Morgan fingerprint density at radius 1 is 1.43 bits per heavy atom. The molecule has 0 fully saturated rings. The normalized spacial score (nSPS) is 16.9. The van der Waals surface area contributed by atoms with Crippen LogP contribution in [0.25, 0.3) is 0 Å². The van der Waals surface area contributed by atoms with Crippen LogP contribution in [0, 0.1) is 0 Å². The van der Waals surface area contributed by atoms with Crippen LogP contribution in [-0.4, -0.2) is 25.1 Å². The average Bonchev–Trinajstić information content (AvgIpc) is 2.84. The minimum Gasteiger partial charge on any atom is -0.484 e. The van der Waals surface area contributed by atoms with Gasteiger partial charge in [-0.15, -0.1) is 0 Å². The fraction of sp³-hybridized carbons (Fsp3) is 0.588. The number of hydrogen-bond donors (Lipinski definition) is 2. The molecule has 2 rings (SSSR count). The van der Waals surface area contributed by atoms with Crippen molar-refractivity contribution in [3.8, 4) is 5.75 Å². The molecule has 1 aromatic rings. The predicted octanol–water partition coefficient (Wildman–Crippen LogP) is 2.58. The van der Waals surface area contributed by atoms with Gasteiger partial charge in [-0.05, 0) is 62.9 Å². The summed E-state index contributed by atoms with van der Waals surface area (Å²) in [6, 6.07) is 6.79. The van der Waals surface area contributed by atoms with E-state index in [1.807, 2.05) is 19.9 Å². The van der Waals surface area contributed by atoms with Crippen molar-refractivity contribution in [2.75, 3.05) is 13.2 Å². The number of fused-ring (bicyclic) bond motifs is 1. The number of benzene rings is 1. The third-order valence-corrected chi connectivity index (χ3v) is 3.65. The van der Waals surface area contributed by atoms with Gasteiger partial charge in [0.15, 0.2) is 6.61 Å². The van der Waals surface area contributed by atoms with Gasteiger partial charge >= 0.3 is 0 Å². The lowest BCUT2D eigenvalue weighted by Gasteiger charge is -2.14. The molecular weight excluding hydrogens is 264 g/mol. The third-order valence-electron chi connectivity index (χ3n) is 3.65. The van der Waals surface area contributed by atoms with E-state index < -0.39 is 0 Å². The summed E-state index contributed by atoms with van der Waals surface area (Å²) in [7, 11) is 0. The molecule has 1 aliphatic rings. The lowest BCUT2D eigenvalue weighted by Crippen LogP contribution is -2.34. The maximum atomic E-state index is 11.6. The van der Waals surface area contributed by atoms with E-state index in [9.17, 15) is 4.79 Å². The Bertz CT molecular complexity index is 486. The second-order valence-electron chi connectivity index (χ2n) is 5.92. The van der Waals surface area contributed by atoms with Gasteiger partial charge in [0, 0.05) is 12.1 Å². The zero-order valence-corrected chi connectivity index (χ0v) is 13.2. The molecule has 1 unspecified atom stereocenters. The minimum absolute atomic E-state index is 0.0759. The number of amides is 1. The maximum absolute atomic E-state index is 11.6. The first-order valence-corrected chi connectivity index (χ1v) is 7.88. The molecule has 1 aromatic carbocycles. The van der Waals surface area contributed by atoms with Gasteiger partial charge in [-0.2, -0.15) is 0 Å². The summed E-state index contributed by atoms with van der Waals surface area (Å²) in [6.07, 6.45) is 3.37. The fourth-order valence-corrected chi connectivity index (χ4v) is 2.73. The van der Waals surface area contributed by atoms with Crippen molar-refractivity contribution in [2.24, 2.45) is 0 Å². The van der Waals surface area contributed by atoms with Gasteiger partial charge in [-0.1, -0.05) is 13.0 Å². The highest BCUT2D eigenvalue weighted by Gasteiger charge is 2.22. The number of carbonyl (C=O) groups is 1. The van der Waals surface area contributed by atoms with Gasteiger partial charge in [-0.25, -0.2) is 0 Å².